The lowest BCUT2D eigenvalue weighted by Gasteiger charge is -2.10. The van der Waals surface area contributed by atoms with Gasteiger partial charge in [-0.25, -0.2) is 9.78 Å². The molecule has 0 bridgehead atoms. The molecule has 0 aliphatic heterocycles. The number of carbonyl (C=O) groups is 1. The molecule has 1 aromatic carbocycles. The summed E-state index contributed by atoms with van der Waals surface area (Å²) in [6.07, 6.45) is 0. The number of nitrogens with one attached hydrogen (secondary N) is 1. The maximum absolute atomic E-state index is 12.7. The van der Waals surface area contributed by atoms with Crippen molar-refractivity contribution in [3.8, 4) is 27.6 Å². The van der Waals surface area contributed by atoms with Crippen molar-refractivity contribution in [3.05, 3.63) is 51.2 Å². The summed E-state index contributed by atoms with van der Waals surface area (Å²) in [7, 11) is 2.71. The zero-order valence-corrected chi connectivity index (χ0v) is 15.1. The molecule has 0 aliphatic rings. The molecule has 0 spiro atoms. The van der Waals surface area contributed by atoms with Crippen LogP contribution in [0.15, 0.2) is 39.9 Å². The van der Waals surface area contributed by atoms with Crippen LogP contribution < -0.4 is 16.6 Å². The summed E-state index contributed by atoms with van der Waals surface area (Å²) in [5.74, 6) is -0.754. The van der Waals surface area contributed by atoms with Crippen molar-refractivity contribution in [2.45, 2.75) is 6.92 Å². The molecule has 0 atom stereocenters. The average Bonchev–Trinajstić information content (AvgIpc) is 3.02. The van der Waals surface area contributed by atoms with Gasteiger partial charge < -0.3 is 10.4 Å². The van der Waals surface area contributed by atoms with Gasteiger partial charge in [-0.05, 0) is 0 Å². The van der Waals surface area contributed by atoms with Gasteiger partial charge in [0.05, 0.1) is 10.6 Å². The van der Waals surface area contributed by atoms with E-state index in [1.807, 2.05) is 18.2 Å². The summed E-state index contributed by atoms with van der Waals surface area (Å²) in [5, 5.41) is 13.3. The van der Waals surface area contributed by atoms with Crippen LogP contribution >= 0.6 is 11.3 Å². The third kappa shape index (κ3) is 2.93. The van der Waals surface area contributed by atoms with Crippen molar-refractivity contribution in [2.75, 3.05) is 5.32 Å². The maximum atomic E-state index is 12.7. The monoisotopic (exact) mass is 372 g/mol. The van der Waals surface area contributed by atoms with Crippen molar-refractivity contribution in [1.29, 1.82) is 0 Å². The van der Waals surface area contributed by atoms with E-state index in [0.717, 1.165) is 20.5 Å². The Kier molecular flexibility index (Phi) is 4.47. The standard InChI is InChI=1S/C17H16N4O4S/c1-9(22)18-16-19-12(10-7-5-4-6-8-10)13(26-16)11-14(23)20(2)17(25)21(3)15(11)24/h4-8,23H,1-3H3,(H,18,19,22). The number of benzene rings is 1. The van der Waals surface area contributed by atoms with Crippen LogP contribution in [0.25, 0.3) is 21.7 Å². The lowest BCUT2D eigenvalue weighted by Crippen LogP contribution is -2.37. The van der Waals surface area contributed by atoms with Gasteiger partial charge in [0, 0.05) is 26.6 Å². The maximum Gasteiger partial charge on any atom is 0.333 e. The summed E-state index contributed by atoms with van der Waals surface area (Å²) >= 11 is 1.06. The fourth-order valence-electron chi connectivity index (χ4n) is 2.52. The van der Waals surface area contributed by atoms with Crippen molar-refractivity contribution in [3.63, 3.8) is 0 Å². The fraction of sp³-hybridized carbons (Fsp3) is 0.176. The first-order valence-corrected chi connectivity index (χ1v) is 8.46. The molecule has 2 N–H and O–H groups in total. The molecule has 3 aromatic rings. The average molecular weight is 372 g/mol. The van der Waals surface area contributed by atoms with Gasteiger partial charge in [0.15, 0.2) is 5.13 Å². The summed E-state index contributed by atoms with van der Waals surface area (Å²) < 4.78 is 1.91. The number of hydrogen-bond acceptors (Lipinski definition) is 6. The number of anilines is 1. The van der Waals surface area contributed by atoms with Crippen LogP contribution in [0, 0.1) is 0 Å². The van der Waals surface area contributed by atoms with Crippen LogP contribution in [-0.2, 0) is 18.9 Å². The van der Waals surface area contributed by atoms with Crippen molar-refractivity contribution in [2.24, 2.45) is 14.1 Å². The minimum absolute atomic E-state index is 0.0393. The molecule has 134 valence electrons. The Balaban J connectivity index is 2.36. The molecule has 0 aliphatic carbocycles. The van der Waals surface area contributed by atoms with E-state index in [9.17, 15) is 19.5 Å². The third-order valence-electron chi connectivity index (χ3n) is 3.82. The van der Waals surface area contributed by atoms with E-state index in [-0.39, 0.29) is 11.5 Å². The van der Waals surface area contributed by atoms with Gasteiger partial charge in [-0.3, -0.25) is 18.7 Å². The van der Waals surface area contributed by atoms with Crippen molar-refractivity contribution < 1.29 is 9.90 Å². The summed E-state index contributed by atoms with van der Waals surface area (Å²) in [4.78, 5) is 40.8. The van der Waals surface area contributed by atoms with Gasteiger partial charge in [-0.1, -0.05) is 41.7 Å². The summed E-state index contributed by atoms with van der Waals surface area (Å²) in [6, 6.07) is 9.08. The Bertz CT molecular complexity index is 1110. The molecule has 8 nitrogen and oxygen atoms in total. The SMILES string of the molecule is CC(=O)Nc1nc(-c2ccccc2)c(-c2c(O)n(C)c(=O)n(C)c2=O)s1. The molecule has 0 radical (unpaired) electrons. The van der Waals surface area contributed by atoms with E-state index >= 15 is 0 Å². The molecule has 0 saturated carbocycles. The quantitative estimate of drug-likeness (QED) is 0.725. The van der Waals surface area contributed by atoms with Crippen LogP contribution in [0.1, 0.15) is 6.92 Å². The first kappa shape index (κ1) is 17.6. The van der Waals surface area contributed by atoms with Crippen LogP contribution in [0.5, 0.6) is 5.88 Å². The first-order chi connectivity index (χ1) is 12.3. The lowest BCUT2D eigenvalue weighted by atomic mass is 10.1. The molecule has 9 heteroatoms. The van der Waals surface area contributed by atoms with Crippen LogP contribution in [0.2, 0.25) is 0 Å². The highest BCUT2D eigenvalue weighted by molar-refractivity contribution is 7.19. The Morgan fingerprint density at radius 1 is 1.15 bits per heavy atom. The molecule has 0 fully saturated rings. The zero-order valence-electron chi connectivity index (χ0n) is 14.3. The Labute approximate surface area is 152 Å². The minimum atomic E-state index is -0.638. The summed E-state index contributed by atoms with van der Waals surface area (Å²) in [5.41, 5.74) is -0.163. The van der Waals surface area contributed by atoms with Crippen molar-refractivity contribution in [1.82, 2.24) is 14.1 Å². The number of hydrogen-bond donors (Lipinski definition) is 2. The Morgan fingerprint density at radius 2 is 1.81 bits per heavy atom. The number of carbonyl (C=O) groups excluding carboxylic acids is 1. The normalized spacial score (nSPS) is 10.7. The van der Waals surface area contributed by atoms with E-state index < -0.39 is 17.1 Å². The first-order valence-electron chi connectivity index (χ1n) is 7.64. The van der Waals surface area contributed by atoms with Gasteiger partial charge >= 0.3 is 5.69 Å². The second-order valence-corrected chi connectivity index (χ2v) is 6.65. The molecular weight excluding hydrogens is 356 g/mol. The molecule has 2 aromatic heterocycles. The van der Waals surface area contributed by atoms with E-state index in [0.29, 0.717) is 21.3 Å². The fourth-order valence-corrected chi connectivity index (χ4v) is 3.58. The summed E-state index contributed by atoms with van der Waals surface area (Å²) in [6.45, 7) is 1.35. The third-order valence-corrected chi connectivity index (χ3v) is 4.81. The van der Waals surface area contributed by atoms with Crippen LogP contribution in [-0.4, -0.2) is 25.1 Å². The van der Waals surface area contributed by atoms with Gasteiger partial charge in [0.25, 0.3) is 5.56 Å². The predicted molar refractivity (Wildman–Crippen MR) is 99.4 cm³/mol. The predicted octanol–water partition coefficient (Wildman–Crippen LogP) is 1.54. The second-order valence-electron chi connectivity index (χ2n) is 5.65. The van der Waals surface area contributed by atoms with Crippen molar-refractivity contribution >= 4 is 22.4 Å². The number of aromatic hydroxyl groups is 1. The van der Waals surface area contributed by atoms with Crippen LogP contribution in [0.4, 0.5) is 5.13 Å². The number of amides is 1. The minimum Gasteiger partial charge on any atom is -0.494 e. The smallest absolute Gasteiger partial charge is 0.333 e. The zero-order chi connectivity index (χ0) is 19.0. The Hall–Kier alpha value is -3.20. The lowest BCUT2D eigenvalue weighted by molar-refractivity contribution is -0.114. The van der Waals surface area contributed by atoms with E-state index in [1.165, 1.54) is 21.0 Å². The highest BCUT2D eigenvalue weighted by atomic mass is 32.1. The number of rotatable bonds is 3. The molecule has 26 heavy (non-hydrogen) atoms. The molecule has 0 saturated heterocycles. The highest BCUT2D eigenvalue weighted by Gasteiger charge is 2.24. The molecular formula is C17H16N4O4S. The molecule has 1 amide bonds. The van der Waals surface area contributed by atoms with E-state index in [1.54, 1.807) is 12.1 Å². The molecule has 3 rings (SSSR count). The molecule has 2 heterocycles. The van der Waals surface area contributed by atoms with Gasteiger partial charge in [-0.15, -0.1) is 0 Å². The van der Waals surface area contributed by atoms with Gasteiger partial charge in [-0.2, -0.15) is 0 Å². The number of aromatic nitrogens is 3. The number of thiazole rings is 1. The molecule has 0 unspecified atom stereocenters. The van der Waals surface area contributed by atoms with Gasteiger partial charge in [0.2, 0.25) is 11.8 Å². The van der Waals surface area contributed by atoms with Gasteiger partial charge in [0.1, 0.15) is 5.56 Å². The van der Waals surface area contributed by atoms with Crippen LogP contribution in [0.3, 0.4) is 0 Å². The van der Waals surface area contributed by atoms with E-state index in [4.69, 9.17) is 0 Å². The topological polar surface area (TPSA) is 106 Å². The highest BCUT2D eigenvalue weighted by Crippen LogP contribution is 2.40. The largest absolute Gasteiger partial charge is 0.494 e. The van der Waals surface area contributed by atoms with E-state index in [2.05, 4.69) is 10.3 Å². The second kappa shape index (κ2) is 6.60. The number of nitrogens with zero attached hydrogens (tertiary/aromatic N) is 3. The Morgan fingerprint density at radius 3 is 2.42 bits per heavy atom.